The summed E-state index contributed by atoms with van der Waals surface area (Å²) in [6.45, 7) is 10.6. The van der Waals surface area contributed by atoms with Gasteiger partial charge >= 0.3 is 0 Å². The van der Waals surface area contributed by atoms with E-state index in [1.54, 1.807) is 0 Å². The Bertz CT molecular complexity index is 338. The lowest BCUT2D eigenvalue weighted by Gasteiger charge is -2.42. The molecule has 2 rings (SSSR count). The van der Waals surface area contributed by atoms with Gasteiger partial charge in [0.05, 0.1) is 11.1 Å². The average Bonchev–Trinajstić information content (AvgIpc) is 2.38. The summed E-state index contributed by atoms with van der Waals surface area (Å²) in [4.78, 5) is 16.9. The molecule has 0 aromatic heterocycles. The van der Waals surface area contributed by atoms with Gasteiger partial charge in [-0.2, -0.15) is 0 Å². The molecule has 2 heterocycles. The highest BCUT2D eigenvalue weighted by Gasteiger charge is 2.38. The number of hydrogen-bond acceptors (Lipinski definition) is 4. The predicted octanol–water partition coefficient (Wildman–Crippen LogP) is 0.434. The minimum Gasteiger partial charge on any atom is -0.389 e. The van der Waals surface area contributed by atoms with Gasteiger partial charge in [-0.1, -0.05) is 0 Å². The number of carbonyl (C=O) groups excluding carboxylic acids is 1. The number of rotatable bonds is 3. The monoisotopic (exact) mass is 283 g/mol. The summed E-state index contributed by atoms with van der Waals surface area (Å²) in [7, 11) is 0. The van der Waals surface area contributed by atoms with Crippen LogP contribution in [0.4, 0.5) is 0 Å². The minimum atomic E-state index is -0.664. The normalized spacial score (nSPS) is 29.5. The number of β-amino-alcohol motifs (C(OH)–C–C–N with tert-alkyl or cyclic N) is 1. The Morgan fingerprint density at radius 3 is 2.40 bits per heavy atom. The van der Waals surface area contributed by atoms with E-state index in [1.165, 1.54) is 6.42 Å². The molecule has 0 aromatic rings. The van der Waals surface area contributed by atoms with Crippen molar-refractivity contribution in [1.82, 2.24) is 15.1 Å². The van der Waals surface area contributed by atoms with Crippen LogP contribution >= 0.6 is 0 Å². The van der Waals surface area contributed by atoms with Gasteiger partial charge in [0.25, 0.3) is 0 Å². The topological polar surface area (TPSA) is 55.8 Å². The number of piperidine rings is 1. The molecule has 20 heavy (non-hydrogen) atoms. The minimum absolute atomic E-state index is 0.250. The maximum atomic E-state index is 12.7. The van der Waals surface area contributed by atoms with E-state index in [9.17, 15) is 9.90 Å². The third-order valence-electron chi connectivity index (χ3n) is 4.36. The van der Waals surface area contributed by atoms with Gasteiger partial charge in [0.1, 0.15) is 0 Å². The van der Waals surface area contributed by atoms with Crippen LogP contribution in [0.3, 0.4) is 0 Å². The van der Waals surface area contributed by atoms with Crippen molar-refractivity contribution in [2.75, 3.05) is 39.3 Å². The first-order valence-corrected chi connectivity index (χ1v) is 7.79. The molecule has 2 aliphatic heterocycles. The molecule has 2 fully saturated rings. The van der Waals surface area contributed by atoms with Gasteiger partial charge in [0.15, 0.2) is 0 Å². The highest BCUT2D eigenvalue weighted by Crippen LogP contribution is 2.22. The standard InChI is InChI=1S/C15H29N3O2/c1-14(2,20)12-17-8-10-18(11-9-17)13(19)15(3)6-4-5-7-16-15/h16,20H,4-12H2,1-3H3. The zero-order chi connectivity index (χ0) is 14.8. The summed E-state index contributed by atoms with van der Waals surface area (Å²) in [5.41, 5.74) is -1.03. The summed E-state index contributed by atoms with van der Waals surface area (Å²) in [6, 6.07) is 0. The molecule has 5 heteroatoms. The highest BCUT2D eigenvalue weighted by molar-refractivity contribution is 5.86. The van der Waals surface area contributed by atoms with Gasteiger partial charge in [-0.3, -0.25) is 9.69 Å². The number of piperazine rings is 1. The number of nitrogens with one attached hydrogen (secondary N) is 1. The van der Waals surface area contributed by atoms with Crippen molar-refractivity contribution in [3.63, 3.8) is 0 Å². The number of amides is 1. The zero-order valence-electron chi connectivity index (χ0n) is 13.1. The average molecular weight is 283 g/mol. The molecule has 0 aromatic carbocycles. The Morgan fingerprint density at radius 2 is 1.90 bits per heavy atom. The molecule has 0 bridgehead atoms. The maximum Gasteiger partial charge on any atom is 0.242 e. The highest BCUT2D eigenvalue weighted by atomic mass is 16.3. The summed E-state index contributed by atoms with van der Waals surface area (Å²) in [6.07, 6.45) is 3.24. The van der Waals surface area contributed by atoms with Gasteiger partial charge in [-0.15, -0.1) is 0 Å². The van der Waals surface area contributed by atoms with Crippen molar-refractivity contribution in [3.8, 4) is 0 Å². The lowest BCUT2D eigenvalue weighted by atomic mass is 9.89. The quantitative estimate of drug-likeness (QED) is 0.789. The van der Waals surface area contributed by atoms with E-state index in [-0.39, 0.29) is 11.4 Å². The van der Waals surface area contributed by atoms with E-state index < -0.39 is 5.60 Å². The Morgan fingerprint density at radius 1 is 1.25 bits per heavy atom. The van der Waals surface area contributed by atoms with Crippen molar-refractivity contribution >= 4 is 5.91 Å². The number of carbonyl (C=O) groups is 1. The third kappa shape index (κ3) is 3.93. The maximum absolute atomic E-state index is 12.7. The summed E-state index contributed by atoms with van der Waals surface area (Å²) < 4.78 is 0. The first-order valence-electron chi connectivity index (χ1n) is 7.79. The second-order valence-electron chi connectivity index (χ2n) is 7.10. The Balaban J connectivity index is 1.85. The lowest BCUT2D eigenvalue weighted by Crippen LogP contribution is -2.61. The molecule has 5 nitrogen and oxygen atoms in total. The molecule has 0 aliphatic carbocycles. The smallest absolute Gasteiger partial charge is 0.242 e. The van der Waals surface area contributed by atoms with Gasteiger partial charge in [0.2, 0.25) is 5.91 Å². The molecule has 0 spiro atoms. The molecule has 2 aliphatic rings. The molecule has 2 N–H and O–H groups in total. The van der Waals surface area contributed by atoms with Gasteiger partial charge < -0.3 is 15.3 Å². The Hall–Kier alpha value is -0.650. The first-order chi connectivity index (χ1) is 9.30. The molecular formula is C15H29N3O2. The SMILES string of the molecule is CC(C)(O)CN1CCN(C(=O)C2(C)CCCCN2)CC1. The predicted molar refractivity (Wildman–Crippen MR) is 79.6 cm³/mol. The second kappa shape index (κ2) is 6.00. The molecule has 2 saturated heterocycles. The Labute approximate surface area is 122 Å². The largest absolute Gasteiger partial charge is 0.389 e. The number of aliphatic hydroxyl groups is 1. The summed E-state index contributed by atoms with van der Waals surface area (Å²) >= 11 is 0. The molecular weight excluding hydrogens is 254 g/mol. The van der Waals surface area contributed by atoms with Crippen molar-refractivity contribution in [2.45, 2.75) is 51.2 Å². The van der Waals surface area contributed by atoms with Crippen molar-refractivity contribution < 1.29 is 9.90 Å². The van der Waals surface area contributed by atoms with E-state index in [2.05, 4.69) is 10.2 Å². The molecule has 1 atom stereocenters. The van der Waals surface area contributed by atoms with E-state index in [0.29, 0.717) is 6.54 Å². The fraction of sp³-hybridized carbons (Fsp3) is 0.933. The van der Waals surface area contributed by atoms with Crippen LogP contribution in [-0.4, -0.2) is 71.2 Å². The zero-order valence-corrected chi connectivity index (χ0v) is 13.1. The lowest BCUT2D eigenvalue weighted by molar-refractivity contribution is -0.140. The number of hydrogen-bond donors (Lipinski definition) is 2. The fourth-order valence-corrected chi connectivity index (χ4v) is 3.24. The van der Waals surface area contributed by atoms with Crippen LogP contribution in [0.15, 0.2) is 0 Å². The van der Waals surface area contributed by atoms with Crippen LogP contribution in [0.25, 0.3) is 0 Å². The van der Waals surface area contributed by atoms with Crippen molar-refractivity contribution in [2.24, 2.45) is 0 Å². The first kappa shape index (κ1) is 15.7. The second-order valence-corrected chi connectivity index (χ2v) is 7.10. The third-order valence-corrected chi connectivity index (χ3v) is 4.36. The van der Waals surface area contributed by atoms with Crippen LogP contribution in [0, 0.1) is 0 Å². The van der Waals surface area contributed by atoms with E-state index in [0.717, 1.165) is 45.6 Å². The van der Waals surface area contributed by atoms with Crippen LogP contribution in [0.1, 0.15) is 40.0 Å². The van der Waals surface area contributed by atoms with Crippen molar-refractivity contribution in [1.29, 1.82) is 0 Å². The number of nitrogens with zero attached hydrogens (tertiary/aromatic N) is 2. The molecule has 0 radical (unpaired) electrons. The molecule has 1 unspecified atom stereocenters. The van der Waals surface area contributed by atoms with E-state index in [1.807, 2.05) is 25.7 Å². The van der Waals surface area contributed by atoms with Crippen molar-refractivity contribution in [3.05, 3.63) is 0 Å². The molecule has 0 saturated carbocycles. The van der Waals surface area contributed by atoms with E-state index >= 15 is 0 Å². The van der Waals surface area contributed by atoms with Gasteiger partial charge in [-0.05, 0) is 46.6 Å². The molecule has 116 valence electrons. The van der Waals surface area contributed by atoms with E-state index in [4.69, 9.17) is 0 Å². The Kier molecular flexibility index (Phi) is 4.72. The summed E-state index contributed by atoms with van der Waals surface area (Å²) in [5.74, 6) is 0.250. The molecule has 1 amide bonds. The van der Waals surface area contributed by atoms with Gasteiger partial charge in [-0.25, -0.2) is 0 Å². The van der Waals surface area contributed by atoms with Gasteiger partial charge in [0, 0.05) is 32.7 Å². The van der Waals surface area contributed by atoms with Crippen LogP contribution < -0.4 is 5.32 Å². The fourth-order valence-electron chi connectivity index (χ4n) is 3.24. The van der Waals surface area contributed by atoms with Crippen LogP contribution in [0.5, 0.6) is 0 Å². The van der Waals surface area contributed by atoms with Crippen LogP contribution in [-0.2, 0) is 4.79 Å². The summed E-state index contributed by atoms with van der Waals surface area (Å²) in [5, 5.41) is 13.3. The van der Waals surface area contributed by atoms with Crippen LogP contribution in [0.2, 0.25) is 0 Å².